The molecule has 2 rings (SSSR count). The molecule has 5 nitrogen and oxygen atoms in total. The predicted molar refractivity (Wildman–Crippen MR) is 92.8 cm³/mol. The van der Waals surface area contributed by atoms with E-state index in [0.717, 1.165) is 57.3 Å². The van der Waals surface area contributed by atoms with Gasteiger partial charge in [0.2, 0.25) is 0 Å². The van der Waals surface area contributed by atoms with Crippen LogP contribution in [-0.2, 0) is 4.79 Å². The molecule has 128 valence electrons. The molecule has 1 aromatic rings. The second-order valence-electron chi connectivity index (χ2n) is 6.36. The summed E-state index contributed by atoms with van der Waals surface area (Å²) >= 11 is 0. The summed E-state index contributed by atoms with van der Waals surface area (Å²) in [6.07, 6.45) is 6.33. The van der Waals surface area contributed by atoms with Gasteiger partial charge in [-0.3, -0.25) is 4.79 Å². The van der Waals surface area contributed by atoms with Gasteiger partial charge in [0.1, 0.15) is 5.82 Å². The van der Waals surface area contributed by atoms with E-state index in [4.69, 9.17) is 5.11 Å². The molecule has 0 aromatic carbocycles. The molecule has 1 aliphatic rings. The van der Waals surface area contributed by atoms with Crippen molar-refractivity contribution in [3.63, 3.8) is 0 Å². The van der Waals surface area contributed by atoms with Gasteiger partial charge in [-0.15, -0.1) is 0 Å². The molecule has 1 N–H and O–H groups in total. The van der Waals surface area contributed by atoms with E-state index in [1.165, 1.54) is 12.8 Å². The van der Waals surface area contributed by atoms with Crippen molar-refractivity contribution >= 4 is 11.8 Å². The molecule has 2 heterocycles. The van der Waals surface area contributed by atoms with Crippen LogP contribution in [0, 0.1) is 5.92 Å². The summed E-state index contributed by atoms with van der Waals surface area (Å²) in [6, 6.07) is 6.09. The van der Waals surface area contributed by atoms with E-state index in [9.17, 15) is 4.79 Å². The monoisotopic (exact) mass is 319 g/mol. The van der Waals surface area contributed by atoms with Crippen molar-refractivity contribution in [1.29, 1.82) is 0 Å². The molecule has 23 heavy (non-hydrogen) atoms. The number of unbranched alkanes of at least 4 members (excludes halogenated alkanes) is 1. The molecule has 0 spiro atoms. The first-order valence-electron chi connectivity index (χ1n) is 8.79. The van der Waals surface area contributed by atoms with Crippen LogP contribution in [0.3, 0.4) is 0 Å². The Morgan fingerprint density at radius 2 is 2.13 bits per heavy atom. The Bertz CT molecular complexity index is 459. The molecular formula is C18H29N3O2. The number of hydrogen-bond acceptors (Lipinski definition) is 4. The first kappa shape index (κ1) is 17.7. The summed E-state index contributed by atoms with van der Waals surface area (Å²) in [4.78, 5) is 19.8. The van der Waals surface area contributed by atoms with Gasteiger partial charge in [0.25, 0.3) is 0 Å². The Hall–Kier alpha value is -1.62. The molecule has 0 saturated carbocycles. The molecule has 0 aliphatic carbocycles. The van der Waals surface area contributed by atoms with Crippen LogP contribution in [0.25, 0.3) is 0 Å². The Labute approximate surface area is 139 Å². The summed E-state index contributed by atoms with van der Waals surface area (Å²) in [5.74, 6) is 1.15. The second kappa shape index (κ2) is 9.50. The minimum Gasteiger partial charge on any atom is -0.481 e. The van der Waals surface area contributed by atoms with Crippen molar-refractivity contribution < 1.29 is 9.90 Å². The van der Waals surface area contributed by atoms with E-state index < -0.39 is 5.97 Å². The van der Waals surface area contributed by atoms with Crippen LogP contribution in [0.4, 0.5) is 5.82 Å². The van der Waals surface area contributed by atoms with Crippen LogP contribution in [0.15, 0.2) is 24.4 Å². The average molecular weight is 319 g/mol. The number of rotatable bonds is 9. The predicted octanol–water partition coefficient (Wildman–Crippen LogP) is 2.87. The number of pyridine rings is 1. The van der Waals surface area contributed by atoms with Gasteiger partial charge in [-0.2, -0.15) is 0 Å². The zero-order valence-corrected chi connectivity index (χ0v) is 14.2. The summed E-state index contributed by atoms with van der Waals surface area (Å²) < 4.78 is 0. The van der Waals surface area contributed by atoms with Gasteiger partial charge in [0, 0.05) is 32.3 Å². The summed E-state index contributed by atoms with van der Waals surface area (Å²) in [5, 5.41) is 8.69. The lowest BCUT2D eigenvalue weighted by Crippen LogP contribution is -2.39. The number of anilines is 1. The number of carboxylic acid groups (broad SMARTS) is 1. The van der Waals surface area contributed by atoms with Crippen LogP contribution in [0.1, 0.15) is 39.0 Å². The molecule has 1 saturated heterocycles. The van der Waals surface area contributed by atoms with Crippen molar-refractivity contribution in [3.05, 3.63) is 24.4 Å². The lowest BCUT2D eigenvalue weighted by Gasteiger charge is -2.35. The average Bonchev–Trinajstić information content (AvgIpc) is 2.59. The van der Waals surface area contributed by atoms with Gasteiger partial charge in [0.15, 0.2) is 0 Å². The maximum absolute atomic E-state index is 10.6. The summed E-state index contributed by atoms with van der Waals surface area (Å²) in [7, 11) is 0. The first-order valence-corrected chi connectivity index (χ1v) is 8.79. The van der Waals surface area contributed by atoms with Gasteiger partial charge in [0.05, 0.1) is 0 Å². The van der Waals surface area contributed by atoms with E-state index in [1.807, 2.05) is 18.3 Å². The van der Waals surface area contributed by atoms with Gasteiger partial charge in [-0.1, -0.05) is 13.0 Å². The number of hydrogen-bond donors (Lipinski definition) is 1. The molecule has 5 heteroatoms. The van der Waals surface area contributed by atoms with Gasteiger partial charge < -0.3 is 14.9 Å². The van der Waals surface area contributed by atoms with E-state index in [2.05, 4.69) is 27.8 Å². The normalized spacial score (nSPS) is 16.0. The molecule has 1 aliphatic heterocycles. The van der Waals surface area contributed by atoms with Crippen molar-refractivity contribution in [1.82, 2.24) is 9.88 Å². The van der Waals surface area contributed by atoms with Crippen molar-refractivity contribution in [2.24, 2.45) is 5.92 Å². The molecule has 0 unspecified atom stereocenters. The fourth-order valence-corrected chi connectivity index (χ4v) is 3.24. The number of carbonyl (C=O) groups is 1. The zero-order chi connectivity index (χ0) is 16.5. The largest absolute Gasteiger partial charge is 0.481 e. The first-order chi connectivity index (χ1) is 11.2. The highest BCUT2D eigenvalue weighted by Crippen LogP contribution is 2.22. The van der Waals surface area contributed by atoms with Crippen LogP contribution < -0.4 is 4.90 Å². The lowest BCUT2D eigenvalue weighted by molar-refractivity contribution is -0.137. The smallest absolute Gasteiger partial charge is 0.303 e. The lowest BCUT2D eigenvalue weighted by atomic mass is 9.96. The highest BCUT2D eigenvalue weighted by atomic mass is 16.4. The fraction of sp³-hybridized carbons (Fsp3) is 0.667. The third kappa shape index (κ3) is 6.18. The van der Waals surface area contributed by atoms with E-state index >= 15 is 0 Å². The third-order valence-electron chi connectivity index (χ3n) is 4.67. The van der Waals surface area contributed by atoms with Crippen molar-refractivity contribution in [3.8, 4) is 0 Å². The van der Waals surface area contributed by atoms with Crippen molar-refractivity contribution in [2.75, 3.05) is 37.6 Å². The molecule has 1 fully saturated rings. The summed E-state index contributed by atoms with van der Waals surface area (Å²) in [5.41, 5.74) is 0. The van der Waals surface area contributed by atoms with Crippen LogP contribution in [-0.4, -0.2) is 53.7 Å². The molecule has 0 amide bonds. The Morgan fingerprint density at radius 1 is 1.35 bits per heavy atom. The fourth-order valence-electron chi connectivity index (χ4n) is 3.24. The van der Waals surface area contributed by atoms with E-state index in [-0.39, 0.29) is 0 Å². The maximum atomic E-state index is 10.6. The van der Waals surface area contributed by atoms with Gasteiger partial charge >= 0.3 is 5.97 Å². The van der Waals surface area contributed by atoms with Crippen LogP contribution in [0.5, 0.6) is 0 Å². The van der Waals surface area contributed by atoms with E-state index in [0.29, 0.717) is 6.42 Å². The molecule has 1 aromatic heterocycles. The van der Waals surface area contributed by atoms with Crippen molar-refractivity contribution in [2.45, 2.75) is 39.0 Å². The number of carboxylic acids is 1. The third-order valence-corrected chi connectivity index (χ3v) is 4.67. The minimum absolute atomic E-state index is 0.292. The molecule has 0 bridgehead atoms. The minimum atomic E-state index is -0.685. The number of nitrogens with zero attached hydrogens (tertiary/aromatic N) is 3. The number of aromatic nitrogens is 1. The standard InChI is InChI=1S/C18H29N3O2/c1-2-20(12-6-4-8-18(22)23)15-16-9-13-21(14-10-16)17-7-3-5-11-19-17/h3,5,7,11,16H,2,4,6,8-10,12-15H2,1H3,(H,22,23). The maximum Gasteiger partial charge on any atom is 0.303 e. The highest BCUT2D eigenvalue weighted by molar-refractivity contribution is 5.66. The molecular weight excluding hydrogens is 290 g/mol. The quantitative estimate of drug-likeness (QED) is 0.709. The SMILES string of the molecule is CCN(CCCCC(=O)O)CC1CCN(c2ccccn2)CC1. The molecule has 0 atom stereocenters. The molecule has 0 radical (unpaired) electrons. The number of aliphatic carboxylic acids is 1. The van der Waals surface area contributed by atoms with Gasteiger partial charge in [-0.05, 0) is 56.8 Å². The van der Waals surface area contributed by atoms with Crippen LogP contribution >= 0.6 is 0 Å². The Balaban J connectivity index is 1.68. The Kier molecular flexibility index (Phi) is 7.33. The topological polar surface area (TPSA) is 56.7 Å². The van der Waals surface area contributed by atoms with E-state index in [1.54, 1.807) is 0 Å². The van der Waals surface area contributed by atoms with Crippen LogP contribution in [0.2, 0.25) is 0 Å². The Morgan fingerprint density at radius 3 is 2.74 bits per heavy atom. The number of piperidine rings is 1. The zero-order valence-electron chi connectivity index (χ0n) is 14.2. The van der Waals surface area contributed by atoms with Gasteiger partial charge in [-0.25, -0.2) is 4.98 Å². The summed E-state index contributed by atoms with van der Waals surface area (Å²) in [6.45, 7) is 7.56. The second-order valence-corrected chi connectivity index (χ2v) is 6.36. The highest BCUT2D eigenvalue weighted by Gasteiger charge is 2.21.